The maximum Gasteiger partial charge on any atom is 0.194 e. The molecule has 0 saturated carbocycles. The molecule has 1 aromatic rings. The molecule has 0 bridgehead atoms. The molecule has 9 heavy (non-hydrogen) atoms. The summed E-state index contributed by atoms with van der Waals surface area (Å²) in [6, 6.07) is 0. The van der Waals surface area contributed by atoms with Gasteiger partial charge in [0, 0.05) is 6.54 Å². The SMILES string of the molecule is CCn1nnnc1[C]=S. The number of hydrogen-bond donors (Lipinski definition) is 0. The van der Waals surface area contributed by atoms with Crippen molar-refractivity contribution in [1.82, 2.24) is 20.2 Å². The number of rotatable bonds is 2. The van der Waals surface area contributed by atoms with E-state index in [-0.39, 0.29) is 0 Å². The van der Waals surface area contributed by atoms with E-state index in [0.29, 0.717) is 5.82 Å². The summed E-state index contributed by atoms with van der Waals surface area (Å²) < 4.78 is 1.58. The number of tetrazole rings is 1. The van der Waals surface area contributed by atoms with Crippen molar-refractivity contribution in [2.24, 2.45) is 0 Å². The highest BCUT2D eigenvalue weighted by Gasteiger charge is 1.97. The van der Waals surface area contributed by atoms with Gasteiger partial charge in [-0.1, -0.05) is 12.2 Å². The van der Waals surface area contributed by atoms with Crippen molar-refractivity contribution in [3.63, 3.8) is 0 Å². The van der Waals surface area contributed by atoms with E-state index in [2.05, 4.69) is 33.1 Å². The van der Waals surface area contributed by atoms with Gasteiger partial charge in [-0.2, -0.15) is 0 Å². The predicted octanol–water partition coefficient (Wildman–Crippen LogP) is -0.0822. The van der Waals surface area contributed by atoms with Gasteiger partial charge in [-0.15, -0.1) is 5.10 Å². The van der Waals surface area contributed by atoms with Crippen LogP contribution >= 0.6 is 12.2 Å². The van der Waals surface area contributed by atoms with Crippen molar-refractivity contribution in [3.8, 4) is 0 Å². The van der Waals surface area contributed by atoms with Crippen LogP contribution in [0.1, 0.15) is 12.7 Å². The van der Waals surface area contributed by atoms with Crippen LogP contribution < -0.4 is 0 Å². The van der Waals surface area contributed by atoms with Gasteiger partial charge in [-0.3, -0.25) is 0 Å². The standard InChI is InChI=1S/C4H5N4S/c1-2-8-4(3-9)5-6-7-8/h2H2,1H3. The molecule has 0 unspecified atom stereocenters. The first-order valence-corrected chi connectivity index (χ1v) is 2.93. The summed E-state index contributed by atoms with van der Waals surface area (Å²) in [4.78, 5) is 0. The topological polar surface area (TPSA) is 43.6 Å². The average Bonchev–Trinajstić information content (AvgIpc) is 2.33. The molecule has 0 N–H and O–H groups in total. The molecular weight excluding hydrogens is 136 g/mol. The summed E-state index contributed by atoms with van der Waals surface area (Å²) >= 11 is 4.51. The number of aromatic nitrogens is 4. The Morgan fingerprint density at radius 3 is 3.00 bits per heavy atom. The molecule has 0 aliphatic rings. The molecule has 0 aromatic carbocycles. The first-order valence-electron chi connectivity index (χ1n) is 2.52. The molecule has 0 fully saturated rings. The van der Waals surface area contributed by atoms with Crippen LogP contribution in [0.15, 0.2) is 0 Å². The van der Waals surface area contributed by atoms with Crippen molar-refractivity contribution >= 4 is 17.6 Å². The Kier molecular flexibility index (Phi) is 1.84. The lowest BCUT2D eigenvalue weighted by atomic mass is 10.6. The third-order valence-corrected chi connectivity index (χ3v) is 1.11. The summed E-state index contributed by atoms with van der Waals surface area (Å²) in [6.07, 6.45) is 0. The summed E-state index contributed by atoms with van der Waals surface area (Å²) in [6.45, 7) is 2.67. The van der Waals surface area contributed by atoms with Gasteiger partial charge in [0.15, 0.2) is 5.82 Å². The van der Waals surface area contributed by atoms with E-state index in [1.54, 1.807) is 4.68 Å². The molecule has 0 aliphatic carbocycles. The Bertz CT molecular complexity index is 206. The average molecular weight is 141 g/mol. The lowest BCUT2D eigenvalue weighted by molar-refractivity contribution is 0.623. The molecule has 1 aromatic heterocycles. The van der Waals surface area contributed by atoms with Crippen LogP contribution in [0.4, 0.5) is 0 Å². The monoisotopic (exact) mass is 141 g/mol. The molecule has 0 atom stereocenters. The van der Waals surface area contributed by atoms with Crippen LogP contribution in [0.3, 0.4) is 0 Å². The van der Waals surface area contributed by atoms with Gasteiger partial charge >= 0.3 is 0 Å². The minimum Gasteiger partial charge on any atom is -0.225 e. The Hall–Kier alpha value is -0.840. The molecule has 0 saturated heterocycles. The molecule has 5 heteroatoms. The highest BCUT2D eigenvalue weighted by Crippen LogP contribution is 1.85. The molecule has 47 valence electrons. The van der Waals surface area contributed by atoms with E-state index in [1.165, 1.54) is 0 Å². The van der Waals surface area contributed by atoms with Gasteiger partial charge in [0.05, 0.1) is 0 Å². The van der Waals surface area contributed by atoms with E-state index in [0.717, 1.165) is 6.54 Å². The smallest absolute Gasteiger partial charge is 0.194 e. The fourth-order valence-corrected chi connectivity index (χ4v) is 0.637. The fourth-order valence-electron chi connectivity index (χ4n) is 0.491. The second-order valence-corrected chi connectivity index (χ2v) is 1.62. The van der Waals surface area contributed by atoms with E-state index in [4.69, 9.17) is 0 Å². The summed E-state index contributed by atoms with van der Waals surface area (Å²) in [5.41, 5.74) is 0. The first-order chi connectivity index (χ1) is 4.38. The molecule has 1 heterocycles. The number of thiocarbonyl (C=S) groups is 1. The number of nitrogens with zero attached hydrogens (tertiary/aromatic N) is 4. The molecular formula is C4H5N4S. The maximum atomic E-state index is 4.51. The van der Waals surface area contributed by atoms with Crippen LogP contribution in [0.25, 0.3) is 0 Å². The quantitative estimate of drug-likeness (QED) is 0.540. The molecule has 0 amide bonds. The van der Waals surface area contributed by atoms with Crippen LogP contribution in [0, 0.1) is 0 Å². The van der Waals surface area contributed by atoms with Crippen molar-refractivity contribution in [2.75, 3.05) is 0 Å². The lowest BCUT2D eigenvalue weighted by Gasteiger charge is -1.89. The first kappa shape index (κ1) is 6.28. The zero-order chi connectivity index (χ0) is 6.69. The van der Waals surface area contributed by atoms with Crippen molar-refractivity contribution in [1.29, 1.82) is 0 Å². The van der Waals surface area contributed by atoms with E-state index in [9.17, 15) is 0 Å². The van der Waals surface area contributed by atoms with Crippen molar-refractivity contribution < 1.29 is 0 Å². The summed E-state index contributed by atoms with van der Waals surface area (Å²) in [7, 11) is 0. The minimum atomic E-state index is 0.521. The van der Waals surface area contributed by atoms with Crippen LogP contribution in [0.5, 0.6) is 0 Å². The largest absolute Gasteiger partial charge is 0.225 e. The molecule has 1 radical (unpaired) electrons. The molecule has 4 nitrogen and oxygen atoms in total. The van der Waals surface area contributed by atoms with Gasteiger partial charge in [0.2, 0.25) is 0 Å². The highest BCUT2D eigenvalue weighted by molar-refractivity contribution is 7.79. The van der Waals surface area contributed by atoms with E-state index < -0.39 is 0 Å². The Morgan fingerprint density at radius 1 is 1.78 bits per heavy atom. The summed E-state index contributed by atoms with van der Waals surface area (Å²) in [5.74, 6) is 0.521. The van der Waals surface area contributed by atoms with Crippen LogP contribution in [-0.4, -0.2) is 25.6 Å². The van der Waals surface area contributed by atoms with Gasteiger partial charge in [0.1, 0.15) is 5.37 Å². The van der Waals surface area contributed by atoms with E-state index >= 15 is 0 Å². The van der Waals surface area contributed by atoms with E-state index in [1.807, 2.05) is 6.92 Å². The van der Waals surface area contributed by atoms with Crippen molar-refractivity contribution in [3.05, 3.63) is 5.82 Å². The minimum absolute atomic E-state index is 0.521. The van der Waals surface area contributed by atoms with Gasteiger partial charge < -0.3 is 0 Å². The van der Waals surface area contributed by atoms with Gasteiger partial charge in [-0.05, 0) is 17.4 Å². The Balaban J connectivity index is 2.98. The normalized spacial score (nSPS) is 9.44. The number of hydrogen-bond acceptors (Lipinski definition) is 4. The highest BCUT2D eigenvalue weighted by atomic mass is 32.1. The van der Waals surface area contributed by atoms with Crippen molar-refractivity contribution in [2.45, 2.75) is 13.5 Å². The fraction of sp³-hybridized carbons (Fsp3) is 0.500. The predicted molar refractivity (Wildman–Crippen MR) is 35.2 cm³/mol. The second-order valence-electron chi connectivity index (χ2n) is 1.42. The number of aryl methyl sites for hydroxylation is 1. The lowest BCUT2D eigenvalue weighted by Crippen LogP contribution is -2.01. The van der Waals surface area contributed by atoms with Gasteiger partial charge in [0.25, 0.3) is 0 Å². The summed E-state index contributed by atoms with van der Waals surface area (Å²) in [5, 5.41) is 13.1. The van der Waals surface area contributed by atoms with Crippen LogP contribution in [0.2, 0.25) is 0 Å². The zero-order valence-corrected chi connectivity index (χ0v) is 5.72. The Labute approximate surface area is 57.9 Å². The zero-order valence-electron chi connectivity index (χ0n) is 4.90. The third kappa shape index (κ3) is 1.10. The third-order valence-electron chi connectivity index (χ3n) is 0.923. The maximum absolute atomic E-state index is 4.51. The molecule has 0 spiro atoms. The molecule has 1 rings (SSSR count). The van der Waals surface area contributed by atoms with Crippen LogP contribution in [-0.2, 0) is 6.54 Å². The second kappa shape index (κ2) is 2.63. The Morgan fingerprint density at radius 2 is 2.56 bits per heavy atom. The van der Waals surface area contributed by atoms with Gasteiger partial charge in [-0.25, -0.2) is 4.68 Å². The molecule has 0 aliphatic heterocycles.